The number of rotatable bonds is 7. The van der Waals surface area contributed by atoms with Gasteiger partial charge in [0.1, 0.15) is 17.6 Å². The summed E-state index contributed by atoms with van der Waals surface area (Å²) >= 11 is 6.37. The average Bonchev–Trinajstić information content (AvgIpc) is 2.66. The second-order valence-electron chi connectivity index (χ2n) is 6.00. The summed E-state index contributed by atoms with van der Waals surface area (Å²) in [7, 11) is 0. The SMILES string of the molecule is CCC(Oc1cc2c(cc1Cl)N(CCC(=O)O)C(=O)CO2)c1ccccn1. The Hall–Kier alpha value is -2.80. The molecule has 1 N–H and O–H groups in total. The molecule has 0 saturated carbocycles. The van der Waals surface area contributed by atoms with Crippen molar-refractivity contribution in [2.75, 3.05) is 18.1 Å². The van der Waals surface area contributed by atoms with Crippen LogP contribution in [0.3, 0.4) is 0 Å². The fraction of sp³-hybridized carbons (Fsp3) is 0.316. The largest absolute Gasteiger partial charge is 0.482 e. The summed E-state index contributed by atoms with van der Waals surface area (Å²) in [5.74, 6) is -0.452. The second kappa shape index (κ2) is 8.26. The molecule has 0 fully saturated rings. The zero-order valence-electron chi connectivity index (χ0n) is 14.7. The fourth-order valence-corrected chi connectivity index (χ4v) is 3.02. The van der Waals surface area contributed by atoms with Gasteiger partial charge in [-0.25, -0.2) is 0 Å². The molecule has 1 aliphatic heterocycles. The van der Waals surface area contributed by atoms with Crippen LogP contribution in [0.25, 0.3) is 0 Å². The van der Waals surface area contributed by atoms with Gasteiger partial charge in [-0.3, -0.25) is 14.6 Å². The average molecular weight is 391 g/mol. The Kier molecular flexibility index (Phi) is 5.81. The van der Waals surface area contributed by atoms with Crippen LogP contribution >= 0.6 is 11.6 Å². The van der Waals surface area contributed by atoms with Gasteiger partial charge in [-0.05, 0) is 24.6 Å². The summed E-state index contributed by atoms with van der Waals surface area (Å²) in [5, 5.41) is 9.20. The highest BCUT2D eigenvalue weighted by Gasteiger charge is 2.28. The predicted molar refractivity (Wildman–Crippen MR) is 99.4 cm³/mol. The lowest BCUT2D eigenvalue weighted by Gasteiger charge is -2.30. The molecule has 2 aromatic rings. The number of pyridine rings is 1. The highest BCUT2D eigenvalue weighted by Crippen LogP contribution is 2.41. The van der Waals surface area contributed by atoms with Crippen molar-refractivity contribution in [3.63, 3.8) is 0 Å². The molecule has 1 aromatic heterocycles. The van der Waals surface area contributed by atoms with E-state index >= 15 is 0 Å². The molecule has 1 amide bonds. The quantitative estimate of drug-likeness (QED) is 0.778. The maximum absolute atomic E-state index is 12.1. The second-order valence-corrected chi connectivity index (χ2v) is 6.40. The molecular weight excluding hydrogens is 372 g/mol. The van der Waals surface area contributed by atoms with Gasteiger partial charge < -0.3 is 19.5 Å². The molecule has 27 heavy (non-hydrogen) atoms. The third kappa shape index (κ3) is 4.31. The molecule has 142 valence electrons. The first-order chi connectivity index (χ1) is 13.0. The molecular formula is C19H19ClN2O5. The van der Waals surface area contributed by atoms with E-state index in [1.165, 1.54) is 4.90 Å². The van der Waals surface area contributed by atoms with Crippen molar-refractivity contribution >= 4 is 29.2 Å². The van der Waals surface area contributed by atoms with E-state index in [1.54, 1.807) is 18.3 Å². The Labute approximate surface area is 161 Å². The number of halogens is 1. The van der Waals surface area contributed by atoms with Crippen LogP contribution in [0.2, 0.25) is 5.02 Å². The summed E-state index contributed by atoms with van der Waals surface area (Å²) in [5.41, 5.74) is 1.23. The van der Waals surface area contributed by atoms with Crippen LogP contribution in [0, 0.1) is 0 Å². The van der Waals surface area contributed by atoms with Crippen LogP contribution in [0.15, 0.2) is 36.5 Å². The van der Waals surface area contributed by atoms with Crippen LogP contribution in [0.5, 0.6) is 11.5 Å². The highest BCUT2D eigenvalue weighted by molar-refractivity contribution is 6.32. The van der Waals surface area contributed by atoms with Gasteiger partial charge in [0.15, 0.2) is 6.61 Å². The van der Waals surface area contributed by atoms with Crippen molar-refractivity contribution in [1.29, 1.82) is 0 Å². The van der Waals surface area contributed by atoms with E-state index in [0.29, 0.717) is 28.6 Å². The van der Waals surface area contributed by atoms with Crippen LogP contribution in [-0.2, 0) is 9.59 Å². The Balaban J connectivity index is 1.87. The number of nitrogens with zero attached hydrogens (tertiary/aromatic N) is 2. The normalized spacial score (nSPS) is 14.3. The summed E-state index contributed by atoms with van der Waals surface area (Å²) in [6, 6.07) is 8.79. The molecule has 3 rings (SSSR count). The van der Waals surface area contributed by atoms with E-state index in [0.717, 1.165) is 5.69 Å². The molecule has 0 aliphatic carbocycles. The maximum Gasteiger partial charge on any atom is 0.305 e. The smallest absolute Gasteiger partial charge is 0.305 e. The Morgan fingerprint density at radius 3 is 2.93 bits per heavy atom. The van der Waals surface area contributed by atoms with Gasteiger partial charge >= 0.3 is 5.97 Å². The zero-order valence-corrected chi connectivity index (χ0v) is 15.5. The lowest BCUT2D eigenvalue weighted by Crippen LogP contribution is -2.40. The number of amides is 1. The number of aliphatic carboxylic acids is 1. The number of hydrogen-bond acceptors (Lipinski definition) is 5. The number of fused-ring (bicyclic) bond motifs is 1. The van der Waals surface area contributed by atoms with Crippen LogP contribution in [-0.4, -0.2) is 35.1 Å². The zero-order chi connectivity index (χ0) is 19.4. The van der Waals surface area contributed by atoms with Crippen molar-refractivity contribution in [3.8, 4) is 11.5 Å². The number of hydrogen-bond donors (Lipinski definition) is 1. The van der Waals surface area contributed by atoms with E-state index in [-0.39, 0.29) is 31.6 Å². The maximum atomic E-state index is 12.1. The molecule has 1 atom stereocenters. The molecule has 8 heteroatoms. The lowest BCUT2D eigenvalue weighted by molar-refractivity contribution is -0.136. The lowest BCUT2D eigenvalue weighted by atomic mass is 10.1. The third-order valence-electron chi connectivity index (χ3n) is 4.16. The van der Waals surface area contributed by atoms with Gasteiger partial charge in [-0.1, -0.05) is 24.6 Å². The van der Waals surface area contributed by atoms with E-state index in [2.05, 4.69) is 4.98 Å². The molecule has 1 aromatic carbocycles. The van der Waals surface area contributed by atoms with Crippen molar-refractivity contribution in [1.82, 2.24) is 4.98 Å². The van der Waals surface area contributed by atoms with Crippen LogP contribution < -0.4 is 14.4 Å². The number of carboxylic acids is 1. The van der Waals surface area contributed by atoms with E-state index in [1.807, 2.05) is 25.1 Å². The molecule has 2 heterocycles. The van der Waals surface area contributed by atoms with E-state index < -0.39 is 5.97 Å². The highest BCUT2D eigenvalue weighted by atomic mass is 35.5. The first-order valence-corrected chi connectivity index (χ1v) is 8.93. The van der Waals surface area contributed by atoms with E-state index in [4.69, 9.17) is 26.2 Å². The number of carbonyl (C=O) groups is 2. The molecule has 1 unspecified atom stereocenters. The molecule has 0 spiro atoms. The van der Waals surface area contributed by atoms with Gasteiger partial charge in [0, 0.05) is 18.8 Å². The summed E-state index contributed by atoms with van der Waals surface area (Å²) in [6.45, 7) is 1.87. The summed E-state index contributed by atoms with van der Waals surface area (Å²) < 4.78 is 11.5. The Bertz CT molecular complexity index is 843. The Morgan fingerprint density at radius 2 is 2.26 bits per heavy atom. The number of aromatic nitrogens is 1. The van der Waals surface area contributed by atoms with Crippen molar-refractivity contribution in [3.05, 3.63) is 47.2 Å². The van der Waals surface area contributed by atoms with Crippen LogP contribution in [0.1, 0.15) is 31.6 Å². The number of benzene rings is 1. The first kappa shape index (κ1) is 19.0. The standard InChI is InChI=1S/C19H19ClN2O5/c1-2-15(13-5-3-4-7-21-13)27-16-10-17-14(9-12(16)20)22(8-6-19(24)25)18(23)11-26-17/h3-5,7,9-10,15H,2,6,8,11H2,1H3,(H,24,25). The number of carboxylic acid groups (broad SMARTS) is 1. The van der Waals surface area contributed by atoms with Gasteiger partial charge in [0.2, 0.25) is 0 Å². The predicted octanol–water partition coefficient (Wildman–Crippen LogP) is 3.47. The first-order valence-electron chi connectivity index (χ1n) is 8.55. The molecule has 0 bridgehead atoms. The number of carbonyl (C=O) groups excluding carboxylic acids is 1. The molecule has 0 radical (unpaired) electrons. The summed E-state index contributed by atoms with van der Waals surface area (Å²) in [4.78, 5) is 28.6. The van der Waals surface area contributed by atoms with Gasteiger partial charge in [0.05, 0.1) is 22.8 Å². The minimum Gasteiger partial charge on any atom is -0.482 e. The van der Waals surface area contributed by atoms with Crippen LogP contribution in [0.4, 0.5) is 5.69 Å². The molecule has 1 aliphatic rings. The van der Waals surface area contributed by atoms with Crippen molar-refractivity contribution in [2.45, 2.75) is 25.9 Å². The van der Waals surface area contributed by atoms with Crippen molar-refractivity contribution < 1.29 is 24.2 Å². The third-order valence-corrected chi connectivity index (χ3v) is 4.46. The van der Waals surface area contributed by atoms with Gasteiger partial charge in [-0.2, -0.15) is 0 Å². The summed E-state index contributed by atoms with van der Waals surface area (Å²) in [6.07, 6.45) is 1.94. The number of anilines is 1. The minimum atomic E-state index is -0.983. The topological polar surface area (TPSA) is 89.0 Å². The monoisotopic (exact) mass is 390 g/mol. The number of ether oxygens (including phenoxy) is 2. The minimum absolute atomic E-state index is 0.0482. The molecule has 0 saturated heterocycles. The molecule has 7 nitrogen and oxygen atoms in total. The fourth-order valence-electron chi connectivity index (χ4n) is 2.82. The van der Waals surface area contributed by atoms with Gasteiger partial charge in [-0.15, -0.1) is 0 Å². The Morgan fingerprint density at radius 1 is 1.44 bits per heavy atom. The van der Waals surface area contributed by atoms with Crippen molar-refractivity contribution in [2.24, 2.45) is 0 Å². The van der Waals surface area contributed by atoms with Gasteiger partial charge in [0.25, 0.3) is 5.91 Å². The van der Waals surface area contributed by atoms with E-state index in [9.17, 15) is 9.59 Å².